The van der Waals surface area contributed by atoms with Gasteiger partial charge >= 0.3 is 0 Å². The van der Waals surface area contributed by atoms with E-state index in [1.54, 1.807) is 0 Å². The molecule has 0 aliphatic heterocycles. The van der Waals surface area contributed by atoms with Gasteiger partial charge in [-0.1, -0.05) is 26.1 Å². The van der Waals surface area contributed by atoms with Crippen LogP contribution >= 0.6 is 12.2 Å². The third-order valence-corrected chi connectivity index (χ3v) is 2.48. The molecule has 0 aliphatic carbocycles. The van der Waals surface area contributed by atoms with Crippen LogP contribution in [0.2, 0.25) is 0 Å². The Bertz CT molecular complexity index is 153. The van der Waals surface area contributed by atoms with Crippen molar-refractivity contribution in [3.8, 4) is 0 Å². The summed E-state index contributed by atoms with van der Waals surface area (Å²) in [7, 11) is 0. The highest BCUT2D eigenvalue weighted by atomic mass is 32.1. The van der Waals surface area contributed by atoms with Crippen molar-refractivity contribution in [2.75, 3.05) is 26.3 Å². The van der Waals surface area contributed by atoms with Gasteiger partial charge in [-0.2, -0.15) is 0 Å². The van der Waals surface area contributed by atoms with E-state index < -0.39 is 0 Å². The fourth-order valence-corrected chi connectivity index (χ4v) is 1.21. The molecule has 1 atom stereocenters. The first-order valence-corrected chi connectivity index (χ1v) is 5.10. The summed E-state index contributed by atoms with van der Waals surface area (Å²) in [6.45, 7) is 6.36. The lowest BCUT2D eigenvalue weighted by Crippen LogP contribution is -2.34. The Morgan fingerprint density at radius 1 is 1.62 bits per heavy atom. The number of nitrogens with zero attached hydrogens (tertiary/aromatic N) is 1. The van der Waals surface area contributed by atoms with E-state index >= 15 is 0 Å². The van der Waals surface area contributed by atoms with Gasteiger partial charge in [-0.15, -0.1) is 0 Å². The van der Waals surface area contributed by atoms with Gasteiger partial charge in [0.2, 0.25) is 0 Å². The highest BCUT2D eigenvalue weighted by Crippen LogP contribution is 2.01. The third-order valence-electron chi connectivity index (χ3n) is 2.07. The molecule has 0 aromatic rings. The van der Waals surface area contributed by atoms with E-state index in [0.717, 1.165) is 19.6 Å². The zero-order valence-corrected chi connectivity index (χ0v) is 9.24. The maximum absolute atomic E-state index is 11.9. The monoisotopic (exact) mass is 206 g/mol. The molecule has 0 aromatic heterocycles. The largest absolute Gasteiger partial charge is 0.393 e. The van der Waals surface area contributed by atoms with Crippen LogP contribution in [0.15, 0.2) is 0 Å². The van der Waals surface area contributed by atoms with Gasteiger partial charge in [0.15, 0.2) is 0 Å². The van der Waals surface area contributed by atoms with Crippen molar-refractivity contribution >= 4 is 17.2 Å². The Morgan fingerprint density at radius 2 is 2.23 bits per heavy atom. The van der Waals surface area contributed by atoms with Gasteiger partial charge in [-0.25, -0.2) is 0 Å². The average Bonchev–Trinajstić information content (AvgIpc) is 2.11. The molecule has 0 bridgehead atoms. The summed E-state index contributed by atoms with van der Waals surface area (Å²) in [5, 5.41) is 0. The SMILES string of the molecule is CCN(CCCF)CC(C)C(N)=S. The molecular formula is C9H19FN2S. The predicted octanol–water partition coefficient (Wildman–Crippen LogP) is 1.59. The highest BCUT2D eigenvalue weighted by Gasteiger charge is 2.10. The summed E-state index contributed by atoms with van der Waals surface area (Å²) < 4.78 is 11.9. The van der Waals surface area contributed by atoms with Crippen molar-refractivity contribution in [1.82, 2.24) is 4.90 Å². The summed E-state index contributed by atoms with van der Waals surface area (Å²) in [6, 6.07) is 0. The number of rotatable bonds is 7. The van der Waals surface area contributed by atoms with Crippen molar-refractivity contribution in [2.45, 2.75) is 20.3 Å². The van der Waals surface area contributed by atoms with Crippen LogP contribution in [0, 0.1) is 5.92 Å². The van der Waals surface area contributed by atoms with E-state index in [0.29, 0.717) is 11.4 Å². The third kappa shape index (κ3) is 5.93. The first-order valence-electron chi connectivity index (χ1n) is 4.69. The van der Waals surface area contributed by atoms with E-state index in [2.05, 4.69) is 11.8 Å². The minimum absolute atomic E-state index is 0.217. The molecule has 0 aromatic carbocycles. The fraction of sp³-hybridized carbons (Fsp3) is 0.889. The lowest BCUT2D eigenvalue weighted by molar-refractivity contribution is 0.257. The van der Waals surface area contributed by atoms with Crippen molar-refractivity contribution in [3.63, 3.8) is 0 Å². The lowest BCUT2D eigenvalue weighted by atomic mass is 10.1. The van der Waals surface area contributed by atoms with Crippen molar-refractivity contribution in [3.05, 3.63) is 0 Å². The Labute approximate surface area is 85.3 Å². The van der Waals surface area contributed by atoms with Gasteiger partial charge in [0.25, 0.3) is 0 Å². The van der Waals surface area contributed by atoms with E-state index in [1.807, 2.05) is 6.92 Å². The predicted molar refractivity (Wildman–Crippen MR) is 58.7 cm³/mol. The van der Waals surface area contributed by atoms with Gasteiger partial charge in [-0.05, 0) is 13.0 Å². The topological polar surface area (TPSA) is 29.3 Å². The molecule has 0 radical (unpaired) electrons. The molecule has 0 heterocycles. The molecule has 0 spiro atoms. The van der Waals surface area contributed by atoms with E-state index in [-0.39, 0.29) is 12.6 Å². The molecule has 0 saturated carbocycles. The zero-order valence-electron chi connectivity index (χ0n) is 8.42. The minimum atomic E-state index is -0.252. The molecule has 0 aliphatic rings. The smallest absolute Gasteiger partial charge is 0.0906 e. The molecule has 78 valence electrons. The van der Waals surface area contributed by atoms with Gasteiger partial charge in [0, 0.05) is 19.0 Å². The number of alkyl halides is 1. The quantitative estimate of drug-likeness (QED) is 0.641. The molecule has 0 amide bonds. The van der Waals surface area contributed by atoms with Crippen LogP contribution in [0.5, 0.6) is 0 Å². The first-order chi connectivity index (χ1) is 6.11. The molecule has 0 rings (SSSR count). The number of halogens is 1. The van der Waals surface area contributed by atoms with Gasteiger partial charge in [0.05, 0.1) is 11.7 Å². The summed E-state index contributed by atoms with van der Waals surface area (Å²) in [5.41, 5.74) is 5.50. The van der Waals surface area contributed by atoms with Crippen molar-refractivity contribution in [1.29, 1.82) is 0 Å². The molecule has 2 nitrogen and oxygen atoms in total. The molecule has 13 heavy (non-hydrogen) atoms. The second-order valence-corrected chi connectivity index (χ2v) is 3.71. The lowest BCUT2D eigenvalue weighted by Gasteiger charge is -2.23. The Hall–Kier alpha value is -0.220. The molecule has 2 N–H and O–H groups in total. The van der Waals surface area contributed by atoms with Crippen LogP contribution < -0.4 is 5.73 Å². The number of nitrogens with two attached hydrogens (primary N) is 1. The zero-order chi connectivity index (χ0) is 10.3. The molecule has 1 unspecified atom stereocenters. The average molecular weight is 206 g/mol. The van der Waals surface area contributed by atoms with E-state index in [4.69, 9.17) is 18.0 Å². The van der Waals surface area contributed by atoms with Crippen LogP contribution in [0.25, 0.3) is 0 Å². The second kappa shape index (κ2) is 7.21. The highest BCUT2D eigenvalue weighted by molar-refractivity contribution is 7.80. The summed E-state index contributed by atoms with van der Waals surface area (Å²) in [6.07, 6.45) is 0.595. The van der Waals surface area contributed by atoms with Crippen molar-refractivity contribution in [2.24, 2.45) is 11.7 Å². The molecule has 4 heteroatoms. The summed E-state index contributed by atoms with van der Waals surface area (Å²) >= 11 is 4.87. The van der Waals surface area contributed by atoms with E-state index in [9.17, 15) is 4.39 Å². The van der Waals surface area contributed by atoms with Crippen LogP contribution in [-0.2, 0) is 0 Å². The Balaban J connectivity index is 3.75. The maximum atomic E-state index is 11.9. The molecular weight excluding hydrogens is 187 g/mol. The number of thiocarbonyl (C=S) groups is 1. The first kappa shape index (κ1) is 12.8. The normalized spacial score (nSPS) is 13.2. The van der Waals surface area contributed by atoms with Gasteiger partial charge in [-0.3, -0.25) is 4.39 Å². The van der Waals surface area contributed by atoms with Crippen LogP contribution in [0.4, 0.5) is 4.39 Å². The molecule has 0 fully saturated rings. The number of hydrogen-bond acceptors (Lipinski definition) is 2. The number of hydrogen-bond donors (Lipinski definition) is 1. The molecule has 0 saturated heterocycles. The summed E-state index contributed by atoms with van der Waals surface area (Å²) in [4.78, 5) is 2.71. The summed E-state index contributed by atoms with van der Waals surface area (Å²) in [5.74, 6) is 0.217. The van der Waals surface area contributed by atoms with Crippen LogP contribution in [-0.4, -0.2) is 36.2 Å². The standard InChI is InChI=1S/C9H19FN2S/c1-3-12(6-4-5-10)7-8(2)9(11)13/h8H,3-7H2,1-2H3,(H2,11,13). The fourth-order valence-electron chi connectivity index (χ4n) is 1.14. The minimum Gasteiger partial charge on any atom is -0.393 e. The maximum Gasteiger partial charge on any atom is 0.0906 e. The van der Waals surface area contributed by atoms with Gasteiger partial charge in [0.1, 0.15) is 0 Å². The van der Waals surface area contributed by atoms with Gasteiger partial charge < -0.3 is 10.6 Å². The van der Waals surface area contributed by atoms with E-state index in [1.165, 1.54) is 0 Å². The second-order valence-electron chi connectivity index (χ2n) is 3.24. The Kier molecular flexibility index (Phi) is 7.09. The Morgan fingerprint density at radius 3 is 2.62 bits per heavy atom. The van der Waals surface area contributed by atoms with Crippen LogP contribution in [0.3, 0.4) is 0 Å². The van der Waals surface area contributed by atoms with Crippen LogP contribution in [0.1, 0.15) is 20.3 Å². The van der Waals surface area contributed by atoms with Crippen molar-refractivity contribution < 1.29 is 4.39 Å².